The molecule has 0 aliphatic rings. The fraction of sp³-hybridized carbons (Fsp3) is 0. The SMILES string of the molecule is c1ccc(-c2ccc(Nc3ccc4c(c3)c3c5ccccc5ccc3n4-c3ccccc3)c3ccccc23)cc1. The van der Waals surface area contributed by atoms with Crippen LogP contribution in [-0.4, -0.2) is 4.57 Å². The molecule has 0 aliphatic heterocycles. The Hall–Kier alpha value is -5.34. The van der Waals surface area contributed by atoms with Crippen molar-refractivity contribution in [2.75, 3.05) is 5.32 Å². The number of rotatable bonds is 4. The van der Waals surface area contributed by atoms with E-state index in [1.54, 1.807) is 0 Å². The standard InChI is InChI=1S/C38H26N2/c1-3-11-26(12-4-1)30-21-22-35(33-18-10-9-17-32(30)33)39-28-20-24-36-34(25-28)38-31-16-8-7-13-27(31)19-23-37(38)40(36)29-14-5-2-6-15-29/h1-25,39H. The normalized spacial score (nSPS) is 11.5. The van der Waals surface area contributed by atoms with Gasteiger partial charge < -0.3 is 9.88 Å². The molecule has 0 saturated heterocycles. The second-order valence-corrected chi connectivity index (χ2v) is 10.3. The molecule has 2 nitrogen and oxygen atoms in total. The molecule has 0 spiro atoms. The molecule has 0 bridgehead atoms. The van der Waals surface area contributed by atoms with Crippen molar-refractivity contribution in [3.63, 3.8) is 0 Å². The van der Waals surface area contributed by atoms with Gasteiger partial charge in [0.1, 0.15) is 0 Å². The quantitative estimate of drug-likeness (QED) is 0.249. The van der Waals surface area contributed by atoms with Crippen molar-refractivity contribution in [3.05, 3.63) is 152 Å². The van der Waals surface area contributed by atoms with Crippen LogP contribution in [0.5, 0.6) is 0 Å². The van der Waals surface area contributed by atoms with Gasteiger partial charge in [0, 0.05) is 33.2 Å². The fourth-order valence-electron chi connectivity index (χ4n) is 6.16. The van der Waals surface area contributed by atoms with Gasteiger partial charge >= 0.3 is 0 Å². The predicted molar refractivity (Wildman–Crippen MR) is 171 cm³/mol. The first-order valence-electron chi connectivity index (χ1n) is 13.7. The van der Waals surface area contributed by atoms with E-state index >= 15 is 0 Å². The Balaban J connectivity index is 1.33. The van der Waals surface area contributed by atoms with Crippen LogP contribution in [0.1, 0.15) is 0 Å². The molecule has 8 aromatic rings. The van der Waals surface area contributed by atoms with E-state index in [1.807, 2.05) is 0 Å². The maximum absolute atomic E-state index is 3.77. The Morgan fingerprint density at radius 1 is 0.450 bits per heavy atom. The first-order chi connectivity index (χ1) is 19.8. The van der Waals surface area contributed by atoms with E-state index in [1.165, 1.54) is 60.2 Å². The molecule has 188 valence electrons. The first-order valence-corrected chi connectivity index (χ1v) is 13.7. The van der Waals surface area contributed by atoms with E-state index in [2.05, 4.69) is 162 Å². The van der Waals surface area contributed by atoms with Crippen LogP contribution in [0.3, 0.4) is 0 Å². The van der Waals surface area contributed by atoms with E-state index in [9.17, 15) is 0 Å². The molecule has 0 aliphatic carbocycles. The summed E-state index contributed by atoms with van der Waals surface area (Å²) in [4.78, 5) is 0. The van der Waals surface area contributed by atoms with Crippen LogP contribution in [0.15, 0.2) is 152 Å². The van der Waals surface area contributed by atoms with Crippen LogP contribution in [0.25, 0.3) is 60.2 Å². The van der Waals surface area contributed by atoms with E-state index in [-0.39, 0.29) is 0 Å². The predicted octanol–water partition coefficient (Wildman–Crippen LogP) is 10.5. The van der Waals surface area contributed by atoms with Gasteiger partial charge in [0.05, 0.1) is 11.0 Å². The molecule has 1 aromatic heterocycles. The molecule has 0 unspecified atom stereocenters. The Morgan fingerprint density at radius 2 is 1.12 bits per heavy atom. The summed E-state index contributed by atoms with van der Waals surface area (Å²) in [6.45, 7) is 0. The summed E-state index contributed by atoms with van der Waals surface area (Å²) in [7, 11) is 0. The molecular weight excluding hydrogens is 484 g/mol. The summed E-state index contributed by atoms with van der Waals surface area (Å²) >= 11 is 0. The number of benzene rings is 7. The summed E-state index contributed by atoms with van der Waals surface area (Å²) in [5, 5.41) is 11.3. The highest BCUT2D eigenvalue weighted by atomic mass is 15.0. The average molecular weight is 511 g/mol. The van der Waals surface area contributed by atoms with Crippen molar-refractivity contribution in [1.82, 2.24) is 4.57 Å². The lowest BCUT2D eigenvalue weighted by molar-refractivity contribution is 1.18. The Morgan fingerprint density at radius 3 is 1.95 bits per heavy atom. The smallest absolute Gasteiger partial charge is 0.0547 e. The maximum atomic E-state index is 3.77. The molecule has 40 heavy (non-hydrogen) atoms. The van der Waals surface area contributed by atoms with Gasteiger partial charge in [-0.25, -0.2) is 0 Å². The van der Waals surface area contributed by atoms with Gasteiger partial charge in [-0.1, -0.05) is 109 Å². The summed E-state index contributed by atoms with van der Waals surface area (Å²) < 4.78 is 2.38. The lowest BCUT2D eigenvalue weighted by Crippen LogP contribution is -1.94. The third kappa shape index (κ3) is 3.58. The van der Waals surface area contributed by atoms with E-state index in [0.717, 1.165) is 11.4 Å². The number of anilines is 2. The highest BCUT2D eigenvalue weighted by Crippen LogP contribution is 2.39. The molecule has 2 heteroatoms. The topological polar surface area (TPSA) is 17.0 Å². The number of nitrogens with one attached hydrogen (secondary N) is 1. The van der Waals surface area contributed by atoms with Crippen molar-refractivity contribution < 1.29 is 0 Å². The maximum Gasteiger partial charge on any atom is 0.0547 e. The Bertz CT molecular complexity index is 2170. The number of aromatic nitrogens is 1. The number of hydrogen-bond donors (Lipinski definition) is 1. The summed E-state index contributed by atoms with van der Waals surface area (Å²) in [5.41, 5.74) is 8.24. The third-order valence-electron chi connectivity index (χ3n) is 7.96. The van der Waals surface area contributed by atoms with Crippen molar-refractivity contribution in [2.45, 2.75) is 0 Å². The molecule has 0 saturated carbocycles. The lowest BCUT2D eigenvalue weighted by Gasteiger charge is -2.14. The minimum atomic E-state index is 1.07. The van der Waals surface area contributed by atoms with Crippen molar-refractivity contribution in [1.29, 1.82) is 0 Å². The van der Waals surface area contributed by atoms with Gasteiger partial charge in [-0.3, -0.25) is 0 Å². The minimum absolute atomic E-state index is 1.07. The van der Waals surface area contributed by atoms with Crippen LogP contribution in [0.2, 0.25) is 0 Å². The number of para-hydroxylation sites is 1. The van der Waals surface area contributed by atoms with Gasteiger partial charge in [0.15, 0.2) is 0 Å². The summed E-state index contributed by atoms with van der Waals surface area (Å²) in [6.07, 6.45) is 0. The van der Waals surface area contributed by atoms with Crippen molar-refractivity contribution >= 4 is 54.7 Å². The Labute approximate surface area is 232 Å². The van der Waals surface area contributed by atoms with E-state index < -0.39 is 0 Å². The highest BCUT2D eigenvalue weighted by molar-refractivity contribution is 6.22. The van der Waals surface area contributed by atoms with Crippen molar-refractivity contribution in [2.24, 2.45) is 0 Å². The van der Waals surface area contributed by atoms with Crippen LogP contribution in [0, 0.1) is 0 Å². The number of nitrogens with zero attached hydrogens (tertiary/aromatic N) is 1. The lowest BCUT2D eigenvalue weighted by atomic mass is 9.97. The first kappa shape index (κ1) is 22.6. The van der Waals surface area contributed by atoms with Gasteiger partial charge in [0.2, 0.25) is 0 Å². The van der Waals surface area contributed by atoms with Crippen LogP contribution in [0.4, 0.5) is 11.4 Å². The zero-order valence-electron chi connectivity index (χ0n) is 21.9. The van der Waals surface area contributed by atoms with Gasteiger partial charge in [-0.15, -0.1) is 0 Å². The molecule has 1 heterocycles. The number of fused-ring (bicyclic) bond motifs is 6. The monoisotopic (exact) mass is 510 g/mol. The average Bonchev–Trinajstić information content (AvgIpc) is 3.36. The highest BCUT2D eigenvalue weighted by Gasteiger charge is 2.16. The molecule has 0 fully saturated rings. The molecule has 0 atom stereocenters. The molecule has 7 aromatic carbocycles. The van der Waals surface area contributed by atoms with Gasteiger partial charge in [0.25, 0.3) is 0 Å². The van der Waals surface area contributed by atoms with E-state index in [4.69, 9.17) is 0 Å². The van der Waals surface area contributed by atoms with Crippen LogP contribution in [-0.2, 0) is 0 Å². The zero-order chi connectivity index (χ0) is 26.5. The van der Waals surface area contributed by atoms with Crippen LogP contribution >= 0.6 is 0 Å². The van der Waals surface area contributed by atoms with Crippen molar-refractivity contribution in [3.8, 4) is 16.8 Å². The minimum Gasteiger partial charge on any atom is -0.355 e. The molecule has 0 radical (unpaired) electrons. The molecular formula is C38H26N2. The summed E-state index contributed by atoms with van der Waals surface area (Å²) in [6, 6.07) is 54.3. The molecule has 0 amide bonds. The number of hydrogen-bond acceptors (Lipinski definition) is 1. The van der Waals surface area contributed by atoms with Crippen LogP contribution < -0.4 is 5.32 Å². The second-order valence-electron chi connectivity index (χ2n) is 10.3. The third-order valence-corrected chi connectivity index (χ3v) is 7.96. The largest absolute Gasteiger partial charge is 0.355 e. The van der Waals surface area contributed by atoms with Gasteiger partial charge in [-0.2, -0.15) is 0 Å². The van der Waals surface area contributed by atoms with Gasteiger partial charge in [-0.05, 0) is 69.8 Å². The molecule has 8 rings (SSSR count). The zero-order valence-corrected chi connectivity index (χ0v) is 21.9. The second kappa shape index (κ2) is 9.14. The Kier molecular flexibility index (Phi) is 5.17. The van der Waals surface area contributed by atoms with E-state index in [0.29, 0.717) is 0 Å². The fourth-order valence-corrected chi connectivity index (χ4v) is 6.16. The molecule has 1 N–H and O–H groups in total. The summed E-state index contributed by atoms with van der Waals surface area (Å²) in [5.74, 6) is 0.